The molecule has 6 nitrogen and oxygen atoms in total. The zero-order chi connectivity index (χ0) is 14.8. The van der Waals surface area contributed by atoms with Crippen molar-refractivity contribution in [3.63, 3.8) is 0 Å². The van der Waals surface area contributed by atoms with Crippen molar-refractivity contribution in [1.29, 1.82) is 0 Å². The highest BCUT2D eigenvalue weighted by Crippen LogP contribution is 2.18. The van der Waals surface area contributed by atoms with E-state index in [9.17, 15) is 9.59 Å². The molecule has 0 bridgehead atoms. The summed E-state index contributed by atoms with van der Waals surface area (Å²) in [5.41, 5.74) is 1.11. The molecule has 1 amide bonds. The molecule has 0 aliphatic carbocycles. The Morgan fingerprint density at radius 3 is 3.10 bits per heavy atom. The Bertz CT molecular complexity index is 715. The smallest absolute Gasteiger partial charge is 0.408 e. The summed E-state index contributed by atoms with van der Waals surface area (Å²) in [4.78, 5) is 23.6. The fraction of sp³-hybridized carbons (Fsp3) is 0.429. The first kappa shape index (κ1) is 14.2. The number of hydrogen-bond donors (Lipinski definition) is 1. The number of ether oxygens (including phenoxy) is 1. The molecule has 1 unspecified atom stereocenters. The van der Waals surface area contributed by atoms with Crippen LogP contribution in [0.3, 0.4) is 0 Å². The number of aromatic nitrogens is 1. The number of carbonyl (C=O) groups excluding carboxylic acids is 1. The van der Waals surface area contributed by atoms with Crippen LogP contribution in [-0.4, -0.2) is 29.7 Å². The molecule has 21 heavy (non-hydrogen) atoms. The molecule has 1 N–H and O–H groups in total. The molecule has 3 rings (SSSR count). The minimum atomic E-state index is -0.460. The molecule has 1 aliphatic rings. The number of hydrogen-bond acceptors (Lipinski definition) is 4. The summed E-state index contributed by atoms with van der Waals surface area (Å²) in [6.07, 6.45) is 1.30. The summed E-state index contributed by atoms with van der Waals surface area (Å²) in [5, 5.41) is 3.28. The Morgan fingerprint density at radius 1 is 1.48 bits per heavy atom. The second kappa shape index (κ2) is 5.91. The number of fused-ring (bicyclic) bond motifs is 1. The second-order valence-electron chi connectivity index (χ2n) is 4.92. The topological polar surface area (TPSA) is 73.5 Å². The summed E-state index contributed by atoms with van der Waals surface area (Å²) >= 11 is 5.86. The summed E-state index contributed by atoms with van der Waals surface area (Å²) in [7, 11) is 0. The third-order valence-corrected chi connectivity index (χ3v) is 3.72. The van der Waals surface area contributed by atoms with Gasteiger partial charge < -0.3 is 14.5 Å². The molecule has 1 aromatic carbocycles. The van der Waals surface area contributed by atoms with E-state index in [0.717, 1.165) is 12.8 Å². The van der Waals surface area contributed by atoms with Gasteiger partial charge in [-0.3, -0.25) is 9.36 Å². The minimum absolute atomic E-state index is 0.128. The van der Waals surface area contributed by atoms with Gasteiger partial charge >= 0.3 is 5.76 Å². The van der Waals surface area contributed by atoms with Gasteiger partial charge in [0.15, 0.2) is 5.58 Å². The third-order valence-electron chi connectivity index (χ3n) is 3.49. The van der Waals surface area contributed by atoms with Gasteiger partial charge in [0.25, 0.3) is 0 Å². The average molecular weight is 311 g/mol. The Morgan fingerprint density at radius 2 is 2.33 bits per heavy atom. The molecular weight excluding hydrogens is 296 g/mol. The van der Waals surface area contributed by atoms with E-state index in [4.69, 9.17) is 20.8 Å². The fourth-order valence-corrected chi connectivity index (χ4v) is 2.60. The van der Waals surface area contributed by atoms with Gasteiger partial charge in [-0.25, -0.2) is 4.79 Å². The lowest BCUT2D eigenvalue weighted by molar-refractivity contribution is -0.130. The number of rotatable bonds is 4. The maximum atomic E-state index is 11.8. The van der Waals surface area contributed by atoms with Crippen molar-refractivity contribution in [1.82, 2.24) is 9.88 Å². The average Bonchev–Trinajstić information content (AvgIpc) is 3.07. The number of amides is 1. The molecule has 0 saturated carbocycles. The van der Waals surface area contributed by atoms with E-state index < -0.39 is 5.76 Å². The van der Waals surface area contributed by atoms with Crippen molar-refractivity contribution in [2.75, 3.05) is 13.2 Å². The number of nitrogens with one attached hydrogen (secondary N) is 1. The van der Waals surface area contributed by atoms with Crippen LogP contribution >= 0.6 is 11.6 Å². The maximum Gasteiger partial charge on any atom is 0.420 e. The van der Waals surface area contributed by atoms with E-state index >= 15 is 0 Å². The van der Waals surface area contributed by atoms with Gasteiger partial charge in [-0.05, 0) is 25.0 Å². The maximum absolute atomic E-state index is 11.8. The fourth-order valence-electron chi connectivity index (χ4n) is 2.44. The van der Waals surface area contributed by atoms with Gasteiger partial charge in [0.1, 0.15) is 6.10 Å². The van der Waals surface area contributed by atoms with E-state index in [2.05, 4.69) is 5.32 Å². The predicted octanol–water partition coefficient (Wildman–Crippen LogP) is 1.54. The van der Waals surface area contributed by atoms with E-state index in [1.807, 2.05) is 0 Å². The number of carbonyl (C=O) groups is 1. The largest absolute Gasteiger partial charge is 0.420 e. The van der Waals surface area contributed by atoms with Gasteiger partial charge in [0, 0.05) is 30.8 Å². The monoisotopic (exact) mass is 310 g/mol. The molecule has 1 fully saturated rings. The lowest BCUT2D eigenvalue weighted by Gasteiger charge is -2.10. The van der Waals surface area contributed by atoms with E-state index in [-0.39, 0.29) is 12.0 Å². The van der Waals surface area contributed by atoms with Crippen molar-refractivity contribution in [3.05, 3.63) is 33.8 Å². The first-order chi connectivity index (χ1) is 10.1. The van der Waals surface area contributed by atoms with Crippen LogP contribution in [0, 0.1) is 0 Å². The van der Waals surface area contributed by atoms with Gasteiger partial charge in [0.05, 0.1) is 5.52 Å². The van der Waals surface area contributed by atoms with Crippen molar-refractivity contribution in [3.8, 4) is 0 Å². The number of oxazole rings is 1. The first-order valence-corrected chi connectivity index (χ1v) is 7.21. The molecule has 1 saturated heterocycles. The SMILES string of the molecule is O=C(NCCn1c(=O)oc2cc(Cl)ccc21)C1CCCO1. The van der Waals surface area contributed by atoms with Crippen LogP contribution in [0.1, 0.15) is 12.8 Å². The number of benzene rings is 1. The highest BCUT2D eigenvalue weighted by molar-refractivity contribution is 6.31. The zero-order valence-electron chi connectivity index (χ0n) is 11.3. The standard InChI is InChI=1S/C14H15ClN2O4/c15-9-3-4-10-12(8-9)21-14(19)17(10)6-5-16-13(18)11-2-1-7-20-11/h3-4,8,11H,1-2,5-7H2,(H,16,18). The van der Waals surface area contributed by atoms with Gasteiger partial charge in [-0.15, -0.1) is 0 Å². The molecule has 0 radical (unpaired) electrons. The first-order valence-electron chi connectivity index (χ1n) is 6.83. The number of halogens is 1. The Hall–Kier alpha value is -1.79. The van der Waals surface area contributed by atoms with Gasteiger partial charge in [0.2, 0.25) is 5.91 Å². The summed E-state index contributed by atoms with van der Waals surface area (Å²) < 4.78 is 11.9. The summed E-state index contributed by atoms with van der Waals surface area (Å²) in [6.45, 7) is 1.31. The van der Waals surface area contributed by atoms with Gasteiger partial charge in [-0.2, -0.15) is 0 Å². The van der Waals surface area contributed by atoms with E-state index in [1.54, 1.807) is 18.2 Å². The molecule has 1 aromatic heterocycles. The summed E-state index contributed by atoms with van der Waals surface area (Å²) in [6, 6.07) is 5.02. The minimum Gasteiger partial charge on any atom is -0.408 e. The van der Waals surface area contributed by atoms with Crippen LogP contribution in [0.15, 0.2) is 27.4 Å². The highest BCUT2D eigenvalue weighted by atomic mass is 35.5. The van der Waals surface area contributed by atoms with E-state index in [0.29, 0.717) is 35.8 Å². The Labute approximate surface area is 125 Å². The van der Waals surface area contributed by atoms with Crippen molar-refractivity contribution in [2.24, 2.45) is 0 Å². The predicted molar refractivity (Wildman–Crippen MR) is 77.5 cm³/mol. The molecule has 0 spiro atoms. The lowest BCUT2D eigenvalue weighted by atomic mass is 10.2. The van der Waals surface area contributed by atoms with Crippen LogP contribution < -0.4 is 11.1 Å². The van der Waals surface area contributed by atoms with Gasteiger partial charge in [-0.1, -0.05) is 11.6 Å². The molecule has 7 heteroatoms. The number of nitrogens with zero attached hydrogens (tertiary/aromatic N) is 1. The highest BCUT2D eigenvalue weighted by Gasteiger charge is 2.23. The quantitative estimate of drug-likeness (QED) is 0.929. The zero-order valence-corrected chi connectivity index (χ0v) is 12.1. The van der Waals surface area contributed by atoms with Crippen LogP contribution in [-0.2, 0) is 16.1 Å². The Kier molecular flexibility index (Phi) is 3.98. The third kappa shape index (κ3) is 2.96. The van der Waals surface area contributed by atoms with Crippen LogP contribution in [0.25, 0.3) is 11.1 Å². The second-order valence-corrected chi connectivity index (χ2v) is 5.36. The van der Waals surface area contributed by atoms with Crippen LogP contribution in [0.4, 0.5) is 0 Å². The van der Waals surface area contributed by atoms with Crippen molar-refractivity contribution in [2.45, 2.75) is 25.5 Å². The Balaban J connectivity index is 1.66. The normalized spacial score (nSPS) is 18.2. The molecule has 112 valence electrons. The van der Waals surface area contributed by atoms with Crippen LogP contribution in [0.5, 0.6) is 0 Å². The molecule has 2 aromatic rings. The van der Waals surface area contributed by atoms with Crippen molar-refractivity contribution < 1.29 is 13.9 Å². The molecule has 2 heterocycles. The molecular formula is C14H15ClN2O4. The molecule has 1 atom stereocenters. The molecule has 1 aliphatic heterocycles. The summed E-state index contributed by atoms with van der Waals surface area (Å²) in [5.74, 6) is -0.588. The lowest BCUT2D eigenvalue weighted by Crippen LogP contribution is -2.36. The van der Waals surface area contributed by atoms with Crippen molar-refractivity contribution >= 4 is 28.6 Å². The van der Waals surface area contributed by atoms with Crippen LogP contribution in [0.2, 0.25) is 5.02 Å². The van der Waals surface area contributed by atoms with E-state index in [1.165, 1.54) is 4.57 Å².